The Kier molecular flexibility index (Phi) is 6.19. The number of aliphatic imine (C=N–C) groups is 2. The molecule has 4 heteroatoms. The summed E-state index contributed by atoms with van der Waals surface area (Å²) in [5, 5.41) is 0. The van der Waals surface area contributed by atoms with Gasteiger partial charge in [-0.3, -0.25) is 9.98 Å². The van der Waals surface area contributed by atoms with Crippen molar-refractivity contribution in [2.24, 2.45) is 9.98 Å². The lowest BCUT2D eigenvalue weighted by molar-refractivity contribution is 0.414. The largest absolute Gasteiger partial charge is 0.497 e. The Morgan fingerprint density at radius 2 is 0.885 bits per heavy atom. The standard InChI is InChI=1S/C22H28N2O2/c1-13-9-19(25-7)10-14(2)21(13)23-17(5)18(6)24-22-15(3)11-20(26-8)12-16(22)4/h9-12H,1-8H3. The number of benzene rings is 2. The highest BCUT2D eigenvalue weighted by Crippen LogP contribution is 2.30. The summed E-state index contributed by atoms with van der Waals surface area (Å²) in [5.41, 5.74) is 8.10. The topological polar surface area (TPSA) is 43.2 Å². The predicted octanol–water partition coefficient (Wildman–Crippen LogP) is 5.82. The van der Waals surface area contributed by atoms with Gasteiger partial charge >= 0.3 is 0 Å². The van der Waals surface area contributed by atoms with E-state index in [2.05, 4.69) is 0 Å². The summed E-state index contributed by atoms with van der Waals surface area (Å²) in [5.74, 6) is 1.71. The van der Waals surface area contributed by atoms with Gasteiger partial charge in [0, 0.05) is 0 Å². The molecule has 2 aromatic carbocycles. The molecule has 138 valence electrons. The molecule has 0 fully saturated rings. The van der Waals surface area contributed by atoms with E-state index in [9.17, 15) is 0 Å². The quantitative estimate of drug-likeness (QED) is 0.636. The van der Waals surface area contributed by atoms with Gasteiger partial charge in [-0.2, -0.15) is 0 Å². The van der Waals surface area contributed by atoms with Crippen LogP contribution in [-0.4, -0.2) is 25.6 Å². The van der Waals surface area contributed by atoms with Gasteiger partial charge in [0.15, 0.2) is 0 Å². The van der Waals surface area contributed by atoms with Gasteiger partial charge in [0.1, 0.15) is 11.5 Å². The summed E-state index contributed by atoms with van der Waals surface area (Å²) in [6, 6.07) is 8.01. The first-order chi connectivity index (χ1) is 12.3. The molecule has 0 N–H and O–H groups in total. The van der Waals surface area contributed by atoms with E-state index >= 15 is 0 Å². The molecule has 0 saturated carbocycles. The third-order valence-corrected chi connectivity index (χ3v) is 4.48. The van der Waals surface area contributed by atoms with E-state index in [0.29, 0.717) is 0 Å². The van der Waals surface area contributed by atoms with Crippen LogP contribution in [0.2, 0.25) is 0 Å². The van der Waals surface area contributed by atoms with Crippen molar-refractivity contribution in [1.82, 2.24) is 0 Å². The van der Waals surface area contributed by atoms with Crippen molar-refractivity contribution >= 4 is 22.8 Å². The fraction of sp³-hybridized carbons (Fsp3) is 0.364. The number of aryl methyl sites for hydroxylation is 4. The van der Waals surface area contributed by atoms with Crippen molar-refractivity contribution in [2.45, 2.75) is 41.5 Å². The Morgan fingerprint density at radius 3 is 1.12 bits per heavy atom. The summed E-state index contributed by atoms with van der Waals surface area (Å²) in [7, 11) is 3.36. The smallest absolute Gasteiger partial charge is 0.119 e. The van der Waals surface area contributed by atoms with E-state index in [-0.39, 0.29) is 0 Å². The summed E-state index contributed by atoms with van der Waals surface area (Å²) in [6.45, 7) is 12.2. The number of hydrogen-bond acceptors (Lipinski definition) is 4. The second kappa shape index (κ2) is 8.17. The van der Waals surface area contributed by atoms with Gasteiger partial charge in [-0.05, 0) is 88.1 Å². The molecule has 0 spiro atoms. The Balaban J connectivity index is 2.43. The average Bonchev–Trinajstić information content (AvgIpc) is 2.60. The Labute approximate surface area is 156 Å². The van der Waals surface area contributed by atoms with Crippen molar-refractivity contribution in [3.05, 3.63) is 46.5 Å². The number of nitrogens with zero attached hydrogens (tertiary/aromatic N) is 2. The van der Waals surface area contributed by atoms with Crippen LogP contribution in [0.5, 0.6) is 11.5 Å². The molecular weight excluding hydrogens is 324 g/mol. The SMILES string of the molecule is COc1cc(C)c(N=C(C)C(C)=Nc2c(C)cc(OC)cc2C)c(C)c1. The molecule has 0 aliphatic heterocycles. The predicted molar refractivity (Wildman–Crippen MR) is 110 cm³/mol. The second-order valence-electron chi connectivity index (χ2n) is 6.61. The molecule has 0 aliphatic carbocycles. The monoisotopic (exact) mass is 352 g/mol. The lowest BCUT2D eigenvalue weighted by atomic mass is 10.1. The zero-order valence-electron chi connectivity index (χ0n) is 17.0. The minimum absolute atomic E-state index is 0.853. The van der Waals surface area contributed by atoms with Crippen molar-refractivity contribution in [3.63, 3.8) is 0 Å². The van der Waals surface area contributed by atoms with Gasteiger partial charge < -0.3 is 9.47 Å². The van der Waals surface area contributed by atoms with Crippen LogP contribution in [0.15, 0.2) is 34.3 Å². The molecule has 0 bridgehead atoms. The Hall–Kier alpha value is -2.62. The average molecular weight is 352 g/mol. The Bertz CT molecular complexity index is 760. The number of ether oxygens (including phenoxy) is 2. The third-order valence-electron chi connectivity index (χ3n) is 4.48. The molecule has 0 amide bonds. The molecule has 0 radical (unpaired) electrons. The van der Waals surface area contributed by atoms with Gasteiger partial charge in [0.2, 0.25) is 0 Å². The number of methoxy groups -OCH3 is 2. The van der Waals surface area contributed by atoms with Crippen LogP contribution in [0.4, 0.5) is 11.4 Å². The minimum Gasteiger partial charge on any atom is -0.497 e. The molecule has 26 heavy (non-hydrogen) atoms. The van der Waals surface area contributed by atoms with E-state index in [0.717, 1.165) is 56.6 Å². The molecule has 0 unspecified atom stereocenters. The van der Waals surface area contributed by atoms with Gasteiger partial charge in [-0.25, -0.2) is 0 Å². The summed E-state index contributed by atoms with van der Waals surface area (Å²) in [6.07, 6.45) is 0. The maximum atomic E-state index is 5.33. The summed E-state index contributed by atoms with van der Waals surface area (Å²) >= 11 is 0. The first-order valence-electron chi connectivity index (χ1n) is 8.68. The fourth-order valence-corrected chi connectivity index (χ4v) is 2.92. The van der Waals surface area contributed by atoms with Gasteiger partial charge in [-0.1, -0.05) is 0 Å². The Morgan fingerprint density at radius 1 is 0.615 bits per heavy atom. The first-order valence-corrected chi connectivity index (χ1v) is 8.68. The summed E-state index contributed by atoms with van der Waals surface area (Å²) in [4.78, 5) is 9.66. The van der Waals surface area contributed by atoms with E-state index in [1.165, 1.54) is 0 Å². The number of hydrogen-bond donors (Lipinski definition) is 0. The normalized spacial score (nSPS) is 12.3. The van der Waals surface area contributed by atoms with Crippen LogP contribution in [0.3, 0.4) is 0 Å². The lowest BCUT2D eigenvalue weighted by Crippen LogP contribution is -2.05. The van der Waals surface area contributed by atoms with Crippen LogP contribution in [-0.2, 0) is 0 Å². The van der Waals surface area contributed by atoms with Crippen LogP contribution in [0.25, 0.3) is 0 Å². The molecule has 2 rings (SSSR count). The third kappa shape index (κ3) is 4.31. The van der Waals surface area contributed by atoms with Crippen LogP contribution in [0, 0.1) is 27.7 Å². The molecular formula is C22H28N2O2. The van der Waals surface area contributed by atoms with E-state index < -0.39 is 0 Å². The first kappa shape index (κ1) is 19.7. The molecule has 4 nitrogen and oxygen atoms in total. The maximum absolute atomic E-state index is 5.33. The molecule has 0 atom stereocenters. The van der Waals surface area contributed by atoms with Crippen molar-refractivity contribution < 1.29 is 9.47 Å². The highest BCUT2D eigenvalue weighted by molar-refractivity contribution is 6.41. The molecule has 0 heterocycles. The zero-order valence-corrected chi connectivity index (χ0v) is 17.0. The van der Waals surface area contributed by atoms with Crippen molar-refractivity contribution in [1.29, 1.82) is 0 Å². The van der Waals surface area contributed by atoms with Crippen LogP contribution >= 0.6 is 0 Å². The van der Waals surface area contributed by atoms with Gasteiger partial charge in [-0.15, -0.1) is 0 Å². The highest BCUT2D eigenvalue weighted by atomic mass is 16.5. The highest BCUT2D eigenvalue weighted by Gasteiger charge is 2.09. The van der Waals surface area contributed by atoms with Crippen LogP contribution < -0.4 is 9.47 Å². The number of rotatable bonds is 5. The summed E-state index contributed by atoms with van der Waals surface area (Å²) < 4.78 is 10.7. The second-order valence-corrected chi connectivity index (χ2v) is 6.61. The van der Waals surface area contributed by atoms with Gasteiger partial charge in [0.25, 0.3) is 0 Å². The van der Waals surface area contributed by atoms with E-state index in [1.54, 1.807) is 14.2 Å². The van der Waals surface area contributed by atoms with Gasteiger partial charge in [0.05, 0.1) is 37.0 Å². The van der Waals surface area contributed by atoms with E-state index in [4.69, 9.17) is 19.5 Å². The van der Waals surface area contributed by atoms with Crippen LogP contribution in [0.1, 0.15) is 36.1 Å². The fourth-order valence-electron chi connectivity index (χ4n) is 2.92. The van der Waals surface area contributed by atoms with Crippen molar-refractivity contribution in [3.8, 4) is 11.5 Å². The zero-order chi connectivity index (χ0) is 19.4. The maximum Gasteiger partial charge on any atom is 0.119 e. The minimum atomic E-state index is 0.853. The van der Waals surface area contributed by atoms with Crippen molar-refractivity contribution in [2.75, 3.05) is 14.2 Å². The molecule has 0 aromatic heterocycles. The molecule has 0 saturated heterocycles. The molecule has 2 aromatic rings. The molecule has 0 aliphatic rings. The van der Waals surface area contributed by atoms with E-state index in [1.807, 2.05) is 65.8 Å². The lowest BCUT2D eigenvalue weighted by Gasteiger charge is -2.11.